The fourth-order valence-corrected chi connectivity index (χ4v) is 3.66. The van der Waals surface area contributed by atoms with Crippen LogP contribution in [0.4, 0.5) is 8.78 Å². The molecule has 1 aromatic rings. The van der Waals surface area contributed by atoms with Crippen LogP contribution >= 0.6 is 0 Å². The zero-order chi connectivity index (χ0) is 14.1. The topological polar surface area (TPSA) is 70.0 Å². The number of sulfonamides is 1. The summed E-state index contributed by atoms with van der Waals surface area (Å²) in [5, 5.41) is 9.11. The fourth-order valence-electron chi connectivity index (χ4n) is 2.22. The molecule has 0 bridgehead atoms. The molecule has 1 aliphatic rings. The Balaban J connectivity index is 2.35. The Morgan fingerprint density at radius 1 is 1.26 bits per heavy atom. The van der Waals surface area contributed by atoms with Gasteiger partial charge in [0.15, 0.2) is 0 Å². The van der Waals surface area contributed by atoms with Gasteiger partial charge in [-0.1, -0.05) is 12.8 Å². The standard InChI is InChI=1S/C12H12F2N2O2S/c13-9-3-4-11(10(14)7-9)19(17,18)16-12(8-15)5-1-2-6-12/h3-4,7,16H,1-2,5-6H2. The average Bonchev–Trinajstić information content (AvgIpc) is 2.77. The van der Waals surface area contributed by atoms with Crippen molar-refractivity contribution in [3.63, 3.8) is 0 Å². The van der Waals surface area contributed by atoms with Crippen molar-refractivity contribution < 1.29 is 17.2 Å². The van der Waals surface area contributed by atoms with Crippen molar-refractivity contribution in [3.8, 4) is 6.07 Å². The molecule has 0 atom stereocenters. The van der Waals surface area contributed by atoms with E-state index in [0.29, 0.717) is 18.9 Å². The molecule has 1 fully saturated rings. The van der Waals surface area contributed by atoms with Crippen molar-refractivity contribution in [2.45, 2.75) is 36.1 Å². The number of nitrogens with zero attached hydrogens (tertiary/aromatic N) is 1. The lowest BCUT2D eigenvalue weighted by Crippen LogP contribution is -2.45. The fraction of sp³-hybridized carbons (Fsp3) is 0.417. The van der Waals surface area contributed by atoms with Crippen LogP contribution in [0.1, 0.15) is 25.7 Å². The first-order chi connectivity index (χ1) is 8.88. The van der Waals surface area contributed by atoms with E-state index in [1.807, 2.05) is 6.07 Å². The van der Waals surface area contributed by atoms with Gasteiger partial charge in [0.1, 0.15) is 22.1 Å². The summed E-state index contributed by atoms with van der Waals surface area (Å²) in [6.45, 7) is 0. The highest BCUT2D eigenvalue weighted by Gasteiger charge is 2.38. The van der Waals surface area contributed by atoms with Gasteiger partial charge in [-0.15, -0.1) is 0 Å². The molecule has 0 aromatic heterocycles. The summed E-state index contributed by atoms with van der Waals surface area (Å²) in [7, 11) is -4.18. The van der Waals surface area contributed by atoms with Crippen molar-refractivity contribution in [1.82, 2.24) is 4.72 Å². The SMILES string of the molecule is N#CC1(NS(=O)(=O)c2ccc(F)cc2F)CCCC1. The van der Waals surface area contributed by atoms with E-state index < -0.39 is 32.1 Å². The predicted octanol–water partition coefficient (Wildman–Crippen LogP) is 2.08. The Morgan fingerprint density at radius 2 is 1.89 bits per heavy atom. The number of halogens is 2. The lowest BCUT2D eigenvalue weighted by molar-refractivity contribution is 0.479. The zero-order valence-electron chi connectivity index (χ0n) is 9.99. The summed E-state index contributed by atoms with van der Waals surface area (Å²) in [6, 6.07) is 4.17. The van der Waals surface area contributed by atoms with Gasteiger partial charge in [-0.2, -0.15) is 9.98 Å². The van der Waals surface area contributed by atoms with Crippen LogP contribution in [0.5, 0.6) is 0 Å². The summed E-state index contributed by atoms with van der Waals surface area (Å²) < 4.78 is 52.6. The largest absolute Gasteiger partial charge is 0.244 e. The first kappa shape index (κ1) is 13.9. The van der Waals surface area contributed by atoms with E-state index in [1.54, 1.807) is 0 Å². The van der Waals surface area contributed by atoms with Gasteiger partial charge in [0.2, 0.25) is 10.0 Å². The van der Waals surface area contributed by atoms with Crippen LogP contribution in [0, 0.1) is 23.0 Å². The second-order valence-corrected chi connectivity index (χ2v) is 6.23. The third kappa shape index (κ3) is 2.74. The molecule has 4 nitrogen and oxygen atoms in total. The maximum absolute atomic E-state index is 13.5. The van der Waals surface area contributed by atoms with Crippen LogP contribution in [0.2, 0.25) is 0 Å². The Labute approximate surface area is 110 Å². The number of rotatable bonds is 3. The molecule has 19 heavy (non-hydrogen) atoms. The minimum Gasteiger partial charge on any atom is -0.207 e. The molecule has 0 saturated heterocycles. The van der Waals surface area contributed by atoms with Crippen LogP contribution < -0.4 is 4.72 Å². The van der Waals surface area contributed by atoms with Crippen molar-refractivity contribution in [2.75, 3.05) is 0 Å². The van der Waals surface area contributed by atoms with Crippen molar-refractivity contribution >= 4 is 10.0 Å². The van der Waals surface area contributed by atoms with E-state index in [-0.39, 0.29) is 0 Å². The molecule has 102 valence electrons. The first-order valence-corrected chi connectivity index (χ1v) is 7.27. The molecule has 1 N–H and O–H groups in total. The maximum atomic E-state index is 13.5. The molecule has 0 spiro atoms. The van der Waals surface area contributed by atoms with Gasteiger partial charge >= 0.3 is 0 Å². The van der Waals surface area contributed by atoms with E-state index in [1.165, 1.54) is 0 Å². The molecule has 1 aliphatic carbocycles. The Hall–Kier alpha value is -1.52. The summed E-state index contributed by atoms with van der Waals surface area (Å²) in [4.78, 5) is -0.643. The maximum Gasteiger partial charge on any atom is 0.244 e. The molecular formula is C12H12F2N2O2S. The quantitative estimate of drug-likeness (QED) is 0.924. The molecule has 2 rings (SSSR count). The minimum atomic E-state index is -4.18. The molecule has 0 amide bonds. The normalized spacial score (nSPS) is 18.2. The summed E-state index contributed by atoms with van der Waals surface area (Å²) in [6.07, 6.45) is 2.26. The highest BCUT2D eigenvalue weighted by Crippen LogP contribution is 2.31. The Kier molecular flexibility index (Phi) is 3.56. The minimum absolute atomic E-state index is 0.394. The van der Waals surface area contributed by atoms with Gasteiger partial charge in [0.25, 0.3) is 0 Å². The Morgan fingerprint density at radius 3 is 2.42 bits per heavy atom. The highest BCUT2D eigenvalue weighted by atomic mass is 32.2. The second kappa shape index (κ2) is 4.87. The van der Waals surface area contributed by atoms with Crippen molar-refractivity contribution in [3.05, 3.63) is 29.8 Å². The van der Waals surface area contributed by atoms with E-state index in [2.05, 4.69) is 4.72 Å². The number of hydrogen-bond acceptors (Lipinski definition) is 3. The van der Waals surface area contributed by atoms with Gasteiger partial charge in [-0.05, 0) is 25.0 Å². The average molecular weight is 286 g/mol. The number of hydrogen-bond donors (Lipinski definition) is 1. The van der Waals surface area contributed by atoms with Gasteiger partial charge < -0.3 is 0 Å². The van der Waals surface area contributed by atoms with Crippen LogP contribution in [0.3, 0.4) is 0 Å². The molecule has 1 aromatic carbocycles. The molecule has 7 heteroatoms. The van der Waals surface area contributed by atoms with E-state index in [0.717, 1.165) is 25.0 Å². The van der Waals surface area contributed by atoms with Crippen LogP contribution in [0.25, 0.3) is 0 Å². The van der Waals surface area contributed by atoms with E-state index >= 15 is 0 Å². The molecule has 0 radical (unpaired) electrons. The van der Waals surface area contributed by atoms with E-state index in [9.17, 15) is 17.2 Å². The molecular weight excluding hydrogens is 274 g/mol. The van der Waals surface area contributed by atoms with Gasteiger partial charge in [-0.25, -0.2) is 17.2 Å². The number of nitriles is 1. The molecule has 0 heterocycles. The molecule has 1 saturated carbocycles. The van der Waals surface area contributed by atoms with Gasteiger partial charge in [0.05, 0.1) is 6.07 Å². The summed E-state index contributed by atoms with van der Waals surface area (Å²) >= 11 is 0. The third-order valence-electron chi connectivity index (χ3n) is 3.18. The van der Waals surface area contributed by atoms with Gasteiger partial charge in [0, 0.05) is 6.07 Å². The number of nitrogens with one attached hydrogen (secondary N) is 1. The third-order valence-corrected chi connectivity index (χ3v) is 4.75. The second-order valence-electron chi connectivity index (χ2n) is 4.58. The lowest BCUT2D eigenvalue weighted by atomic mass is 10.0. The molecule has 0 unspecified atom stereocenters. The highest BCUT2D eigenvalue weighted by molar-refractivity contribution is 7.89. The smallest absolute Gasteiger partial charge is 0.207 e. The van der Waals surface area contributed by atoms with E-state index in [4.69, 9.17) is 5.26 Å². The zero-order valence-corrected chi connectivity index (χ0v) is 10.8. The summed E-state index contributed by atoms with van der Waals surface area (Å²) in [5.74, 6) is -2.02. The Bertz CT molecular complexity index is 632. The monoisotopic (exact) mass is 286 g/mol. The van der Waals surface area contributed by atoms with Crippen molar-refractivity contribution in [1.29, 1.82) is 5.26 Å². The van der Waals surface area contributed by atoms with Crippen molar-refractivity contribution in [2.24, 2.45) is 0 Å². The predicted molar refractivity (Wildman–Crippen MR) is 63.5 cm³/mol. The summed E-state index contributed by atoms with van der Waals surface area (Å²) in [5.41, 5.74) is -1.18. The first-order valence-electron chi connectivity index (χ1n) is 5.79. The molecule has 0 aliphatic heterocycles. The van der Waals surface area contributed by atoms with Crippen LogP contribution in [-0.4, -0.2) is 14.0 Å². The van der Waals surface area contributed by atoms with Gasteiger partial charge in [-0.3, -0.25) is 0 Å². The van der Waals surface area contributed by atoms with Crippen LogP contribution in [-0.2, 0) is 10.0 Å². The number of benzene rings is 1. The van der Waals surface area contributed by atoms with Crippen LogP contribution in [0.15, 0.2) is 23.1 Å². The lowest BCUT2D eigenvalue weighted by Gasteiger charge is -2.21.